The molecule has 4 nitrogen and oxygen atoms in total. The Labute approximate surface area is 206 Å². The Morgan fingerprint density at radius 1 is 0.889 bits per heavy atom. The number of benzene rings is 3. The van der Waals surface area contributed by atoms with Crippen LogP contribution in [0.15, 0.2) is 79.1 Å². The van der Waals surface area contributed by atoms with Crippen LogP contribution in [0.4, 0.5) is 13.2 Å². The van der Waals surface area contributed by atoms with Gasteiger partial charge in [-0.15, -0.1) is 5.92 Å². The zero-order valence-corrected chi connectivity index (χ0v) is 19.3. The van der Waals surface area contributed by atoms with Crippen molar-refractivity contribution in [2.75, 3.05) is 6.61 Å². The molecular weight excluding hydrogens is 463 g/mol. The van der Waals surface area contributed by atoms with Crippen LogP contribution in [-0.4, -0.2) is 21.1 Å². The van der Waals surface area contributed by atoms with E-state index >= 15 is 0 Å². The number of ether oxygens (including phenoxy) is 1. The van der Waals surface area contributed by atoms with Crippen molar-refractivity contribution in [3.8, 4) is 51.5 Å². The Morgan fingerprint density at radius 2 is 1.69 bits per heavy atom. The summed E-state index contributed by atoms with van der Waals surface area (Å²) in [5.74, 6) is 3.88. The predicted molar refractivity (Wildman–Crippen MR) is 132 cm³/mol. The molecule has 3 aromatic rings. The molecule has 2 aliphatic rings. The van der Waals surface area contributed by atoms with Crippen molar-refractivity contribution in [2.24, 2.45) is 0 Å². The molecule has 3 aromatic carbocycles. The van der Waals surface area contributed by atoms with Crippen molar-refractivity contribution >= 4 is 0 Å². The summed E-state index contributed by atoms with van der Waals surface area (Å²) in [6, 6.07) is 18.1. The molecule has 0 fully saturated rings. The number of hydrogen-bond donors (Lipinski definition) is 0. The third-order valence-corrected chi connectivity index (χ3v) is 5.67. The van der Waals surface area contributed by atoms with Crippen LogP contribution in [0.25, 0.3) is 33.9 Å². The highest BCUT2D eigenvalue weighted by atomic mass is 19.2. The lowest BCUT2D eigenvalue weighted by Crippen LogP contribution is -2.01. The quantitative estimate of drug-likeness (QED) is 0.256. The van der Waals surface area contributed by atoms with E-state index in [2.05, 4.69) is 21.8 Å². The summed E-state index contributed by atoms with van der Waals surface area (Å²) in [4.78, 5) is 8.74. The molecule has 0 saturated carbocycles. The highest BCUT2D eigenvalue weighted by molar-refractivity contribution is 5.71. The molecule has 7 heteroatoms. The van der Waals surface area contributed by atoms with E-state index in [4.69, 9.17) is 4.74 Å². The molecule has 0 unspecified atom stereocenters. The van der Waals surface area contributed by atoms with E-state index in [0.29, 0.717) is 23.7 Å². The molecule has 0 spiro atoms. The topological polar surface area (TPSA) is 39.9 Å². The number of hydrogen-bond acceptors (Lipinski definition) is 3. The summed E-state index contributed by atoms with van der Waals surface area (Å²) in [5.41, 5.74) is 3.90. The second-order valence-electron chi connectivity index (χ2n) is 8.09. The predicted octanol–water partition coefficient (Wildman–Crippen LogP) is 6.58. The number of imidazole rings is 1. The van der Waals surface area contributed by atoms with Crippen molar-refractivity contribution in [2.45, 2.75) is 13.5 Å². The molecule has 0 atom stereocenters. The molecular formula is C29H20F3N3O. The van der Waals surface area contributed by atoms with Crippen molar-refractivity contribution in [3.05, 3.63) is 102 Å². The summed E-state index contributed by atoms with van der Waals surface area (Å²) >= 11 is 0. The molecule has 2 heterocycles. The molecule has 178 valence electrons. The molecule has 0 N–H and O–H groups in total. The van der Waals surface area contributed by atoms with Crippen molar-refractivity contribution in [3.63, 3.8) is 0 Å². The smallest absolute Gasteiger partial charge is 0.169 e. The van der Waals surface area contributed by atoms with E-state index in [1.165, 1.54) is 24.3 Å². The van der Waals surface area contributed by atoms with Gasteiger partial charge in [0.2, 0.25) is 0 Å². The first-order valence-electron chi connectivity index (χ1n) is 11.2. The van der Waals surface area contributed by atoms with Gasteiger partial charge in [0, 0.05) is 30.6 Å². The molecule has 0 saturated heterocycles. The second kappa shape index (κ2) is 9.96. The standard InChI is InChI=1S/C29H20F3N3O/c1-2-3-15-36-27-16-21(30)11-12-22(27)20-9-7-19(8-10-20)17-35-14-13-25-26(18-35)34-29(33-25)23-5-4-6-24(31)28(23)32/h4-14,16,18H,15,17H2,1H3. The van der Waals surface area contributed by atoms with Gasteiger partial charge >= 0.3 is 0 Å². The van der Waals surface area contributed by atoms with Gasteiger partial charge in [-0.2, -0.15) is 0 Å². The lowest BCUT2D eigenvalue weighted by Gasteiger charge is -2.12. The van der Waals surface area contributed by atoms with Crippen molar-refractivity contribution in [1.29, 1.82) is 0 Å². The number of halogens is 3. The minimum Gasteiger partial charge on any atom is -0.480 e. The fourth-order valence-corrected chi connectivity index (χ4v) is 3.89. The van der Waals surface area contributed by atoms with Gasteiger partial charge in [-0.1, -0.05) is 36.3 Å². The normalized spacial score (nSPS) is 10.8. The minimum atomic E-state index is -0.964. The largest absolute Gasteiger partial charge is 0.480 e. The number of pyridine rings is 1. The minimum absolute atomic E-state index is 0.0271. The Morgan fingerprint density at radius 3 is 2.50 bits per heavy atom. The first-order valence-corrected chi connectivity index (χ1v) is 11.2. The highest BCUT2D eigenvalue weighted by Gasteiger charge is 2.17. The summed E-state index contributed by atoms with van der Waals surface area (Å²) < 4.78 is 49.1. The summed E-state index contributed by atoms with van der Waals surface area (Å²) in [7, 11) is 0. The number of rotatable bonds is 6. The SMILES string of the molecule is CC#CCOc1cc(F)ccc1-c1ccc(Cn2ccc3nc(-c4cccc(F)c4F)nc-3c2)cc1. The molecule has 0 radical (unpaired) electrons. The van der Waals surface area contributed by atoms with Crippen molar-refractivity contribution in [1.82, 2.24) is 14.5 Å². The van der Waals surface area contributed by atoms with E-state index in [0.717, 1.165) is 22.8 Å². The first-order chi connectivity index (χ1) is 17.5. The van der Waals surface area contributed by atoms with E-state index < -0.39 is 11.6 Å². The van der Waals surface area contributed by atoms with Crippen LogP contribution in [0.2, 0.25) is 0 Å². The third-order valence-electron chi connectivity index (χ3n) is 5.67. The van der Waals surface area contributed by atoms with Crippen LogP contribution in [0.3, 0.4) is 0 Å². The van der Waals surface area contributed by atoms with Gasteiger partial charge in [-0.3, -0.25) is 0 Å². The van der Waals surface area contributed by atoms with Crippen LogP contribution in [0.5, 0.6) is 5.75 Å². The van der Waals surface area contributed by atoms with Gasteiger partial charge in [0.25, 0.3) is 0 Å². The van der Waals surface area contributed by atoms with E-state index in [1.807, 2.05) is 41.2 Å². The lowest BCUT2D eigenvalue weighted by molar-refractivity contribution is 0.369. The molecule has 36 heavy (non-hydrogen) atoms. The zero-order valence-electron chi connectivity index (χ0n) is 19.3. The first kappa shape index (κ1) is 23.2. The maximum absolute atomic E-state index is 14.2. The zero-order chi connectivity index (χ0) is 25.1. The van der Waals surface area contributed by atoms with Crippen LogP contribution < -0.4 is 4.74 Å². The molecule has 0 amide bonds. The lowest BCUT2D eigenvalue weighted by atomic mass is 10.0. The summed E-state index contributed by atoms with van der Waals surface area (Å²) in [5, 5.41) is 0. The average molecular weight is 483 g/mol. The maximum atomic E-state index is 14.2. The number of nitrogens with zero attached hydrogens (tertiary/aromatic N) is 3. The summed E-state index contributed by atoms with van der Waals surface area (Å²) in [6.45, 7) is 2.46. The van der Waals surface area contributed by atoms with Gasteiger partial charge in [-0.25, -0.2) is 23.1 Å². The van der Waals surface area contributed by atoms with Gasteiger partial charge < -0.3 is 9.30 Å². The van der Waals surface area contributed by atoms with Crippen LogP contribution in [-0.2, 0) is 6.54 Å². The number of aromatic nitrogens is 3. The Hall–Kier alpha value is -4.57. The van der Waals surface area contributed by atoms with Gasteiger partial charge in [-0.05, 0) is 48.4 Å². The van der Waals surface area contributed by atoms with Gasteiger partial charge in [0.15, 0.2) is 17.5 Å². The average Bonchev–Trinajstić information content (AvgIpc) is 3.30. The van der Waals surface area contributed by atoms with E-state index in [-0.39, 0.29) is 23.8 Å². The Balaban J connectivity index is 1.37. The molecule has 2 aliphatic heterocycles. The fraction of sp³-hybridized carbons (Fsp3) is 0.103. The Bertz CT molecular complexity index is 1570. The maximum Gasteiger partial charge on any atom is 0.169 e. The van der Waals surface area contributed by atoms with Gasteiger partial charge in [0.1, 0.15) is 23.9 Å². The van der Waals surface area contributed by atoms with Crippen LogP contribution in [0.1, 0.15) is 12.5 Å². The van der Waals surface area contributed by atoms with E-state index in [1.54, 1.807) is 19.1 Å². The number of fused-ring (bicyclic) bond motifs is 1. The molecule has 0 bridgehead atoms. The fourth-order valence-electron chi connectivity index (χ4n) is 3.89. The third kappa shape index (κ3) is 4.80. The molecule has 0 aromatic heterocycles. The van der Waals surface area contributed by atoms with Crippen LogP contribution in [0, 0.1) is 29.3 Å². The molecule has 5 rings (SSSR count). The highest BCUT2D eigenvalue weighted by Crippen LogP contribution is 2.31. The van der Waals surface area contributed by atoms with Crippen molar-refractivity contribution < 1.29 is 17.9 Å². The monoisotopic (exact) mass is 483 g/mol. The Kier molecular flexibility index (Phi) is 6.42. The molecule has 0 aliphatic carbocycles. The van der Waals surface area contributed by atoms with Gasteiger partial charge in [0.05, 0.1) is 11.3 Å². The van der Waals surface area contributed by atoms with E-state index in [9.17, 15) is 13.2 Å². The van der Waals surface area contributed by atoms with Crippen LogP contribution >= 0.6 is 0 Å². The second-order valence-corrected chi connectivity index (χ2v) is 8.09. The summed E-state index contributed by atoms with van der Waals surface area (Å²) in [6.07, 6.45) is 3.68.